The van der Waals surface area contributed by atoms with E-state index in [1.54, 1.807) is 0 Å². The van der Waals surface area contributed by atoms with Crippen LogP contribution in [0.25, 0.3) is 0 Å². The number of carboxylic acids is 1. The monoisotopic (exact) mass is 262 g/mol. The fourth-order valence-corrected chi connectivity index (χ4v) is 1.83. The van der Waals surface area contributed by atoms with Gasteiger partial charge in [0.2, 0.25) is 0 Å². The summed E-state index contributed by atoms with van der Waals surface area (Å²) >= 11 is 0. The van der Waals surface area contributed by atoms with Gasteiger partial charge in [0.15, 0.2) is 0 Å². The fraction of sp³-hybridized carbons (Fsp3) is 0.923. The van der Waals surface area contributed by atoms with E-state index >= 15 is 0 Å². The average Bonchev–Trinajstić information content (AvgIpc) is 2.44. The highest BCUT2D eigenvalue weighted by Crippen LogP contribution is 2.23. The second-order valence-electron chi connectivity index (χ2n) is 5.00. The molecule has 0 amide bonds. The van der Waals surface area contributed by atoms with Gasteiger partial charge in [0.05, 0.1) is 25.7 Å². The Morgan fingerprint density at radius 1 is 1.06 bits per heavy atom. The first-order valence-corrected chi connectivity index (χ1v) is 6.60. The van der Waals surface area contributed by atoms with E-state index in [0.29, 0.717) is 6.42 Å². The Morgan fingerprint density at radius 3 is 1.67 bits per heavy atom. The zero-order valence-electron chi connectivity index (χ0n) is 11.1. The minimum atomic E-state index is -0.667. The van der Waals surface area contributed by atoms with Crippen LogP contribution in [0.2, 0.25) is 0 Å². The van der Waals surface area contributed by atoms with Gasteiger partial charge in [-0.15, -0.1) is 0 Å². The summed E-state index contributed by atoms with van der Waals surface area (Å²) in [7, 11) is 0. The first-order valence-electron chi connectivity index (χ1n) is 6.60. The van der Waals surface area contributed by atoms with Crippen molar-refractivity contribution in [2.45, 2.75) is 45.4 Å². The van der Waals surface area contributed by atoms with Crippen LogP contribution in [0.1, 0.15) is 45.4 Å². The van der Waals surface area contributed by atoms with Crippen LogP contribution in [-0.4, -0.2) is 46.2 Å². The summed E-state index contributed by atoms with van der Waals surface area (Å²) in [5.41, 5.74) is -0.667. The molecule has 0 aromatic heterocycles. The minimum absolute atomic E-state index is 0.0289. The van der Waals surface area contributed by atoms with Gasteiger partial charge in [-0.05, 0) is 19.3 Å². The van der Waals surface area contributed by atoms with E-state index in [4.69, 9.17) is 20.4 Å². The van der Waals surface area contributed by atoms with Crippen molar-refractivity contribution in [1.82, 2.24) is 0 Å². The SMILES string of the molecule is CCC(CO)(CO)CO.O=C(O)C1CCCCC1. The Hall–Kier alpha value is -0.650. The van der Waals surface area contributed by atoms with Crippen LogP contribution < -0.4 is 0 Å². The van der Waals surface area contributed by atoms with E-state index in [1.165, 1.54) is 6.42 Å². The summed E-state index contributed by atoms with van der Waals surface area (Å²) in [6.07, 6.45) is 5.83. The molecule has 0 unspecified atom stereocenters. The van der Waals surface area contributed by atoms with Gasteiger partial charge < -0.3 is 20.4 Å². The lowest BCUT2D eigenvalue weighted by Gasteiger charge is -2.24. The summed E-state index contributed by atoms with van der Waals surface area (Å²) in [4.78, 5) is 10.4. The van der Waals surface area contributed by atoms with Crippen LogP contribution in [-0.2, 0) is 4.79 Å². The Bertz CT molecular complexity index is 202. The van der Waals surface area contributed by atoms with Crippen LogP contribution in [0.5, 0.6) is 0 Å². The first-order chi connectivity index (χ1) is 8.55. The number of aliphatic hydroxyl groups excluding tert-OH is 3. The standard InChI is InChI=1S/C7H12O2.C6H14O3/c8-7(9)6-4-2-1-3-5-6;1-2-6(3-7,4-8)5-9/h6H,1-5H2,(H,8,9);7-9H,2-5H2,1H3. The molecule has 4 N–H and O–H groups in total. The van der Waals surface area contributed by atoms with E-state index in [0.717, 1.165) is 25.7 Å². The zero-order valence-corrected chi connectivity index (χ0v) is 11.1. The molecule has 1 saturated carbocycles. The van der Waals surface area contributed by atoms with Crippen molar-refractivity contribution in [1.29, 1.82) is 0 Å². The molecule has 0 heterocycles. The molecule has 0 atom stereocenters. The van der Waals surface area contributed by atoms with Gasteiger partial charge in [-0.1, -0.05) is 26.2 Å². The van der Waals surface area contributed by atoms with Gasteiger partial charge >= 0.3 is 5.97 Å². The topological polar surface area (TPSA) is 98.0 Å². The lowest BCUT2D eigenvalue weighted by Crippen LogP contribution is -2.32. The maximum atomic E-state index is 10.4. The fourth-order valence-electron chi connectivity index (χ4n) is 1.83. The Morgan fingerprint density at radius 2 is 1.50 bits per heavy atom. The third-order valence-electron chi connectivity index (χ3n) is 3.71. The third kappa shape index (κ3) is 5.80. The van der Waals surface area contributed by atoms with E-state index in [-0.39, 0.29) is 25.7 Å². The lowest BCUT2D eigenvalue weighted by atomic mass is 9.88. The van der Waals surface area contributed by atoms with Crippen molar-refractivity contribution in [3.8, 4) is 0 Å². The lowest BCUT2D eigenvalue weighted by molar-refractivity contribution is -0.142. The quantitative estimate of drug-likeness (QED) is 0.593. The van der Waals surface area contributed by atoms with Gasteiger partial charge in [-0.3, -0.25) is 4.79 Å². The molecule has 0 aromatic rings. The second-order valence-corrected chi connectivity index (χ2v) is 5.00. The highest BCUT2D eigenvalue weighted by atomic mass is 16.4. The number of rotatable bonds is 5. The van der Waals surface area contributed by atoms with Gasteiger partial charge in [0.1, 0.15) is 0 Å². The summed E-state index contributed by atoms with van der Waals surface area (Å²) in [5, 5.41) is 34.5. The van der Waals surface area contributed by atoms with Crippen LogP contribution >= 0.6 is 0 Å². The molecule has 0 aliphatic heterocycles. The van der Waals surface area contributed by atoms with E-state index in [1.807, 2.05) is 6.92 Å². The predicted molar refractivity (Wildman–Crippen MR) is 68.2 cm³/mol. The third-order valence-corrected chi connectivity index (χ3v) is 3.71. The van der Waals surface area contributed by atoms with E-state index in [2.05, 4.69) is 0 Å². The van der Waals surface area contributed by atoms with Crippen molar-refractivity contribution in [2.75, 3.05) is 19.8 Å². The normalized spacial score (nSPS) is 16.9. The molecule has 1 aliphatic carbocycles. The Kier molecular flexibility index (Phi) is 8.97. The predicted octanol–water partition coefficient (Wildman–Crippen LogP) is 1.01. The van der Waals surface area contributed by atoms with E-state index in [9.17, 15) is 4.79 Å². The smallest absolute Gasteiger partial charge is 0.306 e. The molecule has 0 saturated heterocycles. The number of aliphatic hydroxyl groups is 3. The molecular formula is C13H26O5. The number of aliphatic carboxylic acids is 1. The van der Waals surface area contributed by atoms with Gasteiger partial charge in [-0.25, -0.2) is 0 Å². The van der Waals surface area contributed by atoms with Crippen LogP contribution in [0.15, 0.2) is 0 Å². The minimum Gasteiger partial charge on any atom is -0.481 e. The van der Waals surface area contributed by atoms with Crippen molar-refractivity contribution < 1.29 is 25.2 Å². The van der Waals surface area contributed by atoms with Crippen molar-refractivity contribution in [2.24, 2.45) is 11.3 Å². The number of hydrogen-bond acceptors (Lipinski definition) is 4. The molecule has 0 aromatic carbocycles. The van der Waals surface area contributed by atoms with Gasteiger partial charge in [0, 0.05) is 5.41 Å². The molecule has 5 nitrogen and oxygen atoms in total. The molecule has 1 aliphatic rings. The highest BCUT2D eigenvalue weighted by Gasteiger charge is 2.24. The number of carboxylic acid groups (broad SMARTS) is 1. The number of hydrogen-bond donors (Lipinski definition) is 4. The molecule has 1 rings (SSSR count). The Balaban J connectivity index is 0.000000321. The van der Waals surface area contributed by atoms with Gasteiger partial charge in [0.25, 0.3) is 0 Å². The maximum absolute atomic E-state index is 10.4. The largest absolute Gasteiger partial charge is 0.481 e. The zero-order chi connectivity index (χ0) is 14.0. The van der Waals surface area contributed by atoms with Crippen molar-refractivity contribution in [3.63, 3.8) is 0 Å². The van der Waals surface area contributed by atoms with E-state index < -0.39 is 11.4 Å². The summed E-state index contributed by atoms with van der Waals surface area (Å²) in [5.74, 6) is -0.631. The second kappa shape index (κ2) is 9.30. The maximum Gasteiger partial charge on any atom is 0.306 e. The summed E-state index contributed by atoms with van der Waals surface area (Å²) < 4.78 is 0. The number of carbonyl (C=O) groups is 1. The van der Waals surface area contributed by atoms with Gasteiger partial charge in [-0.2, -0.15) is 0 Å². The molecular weight excluding hydrogens is 236 g/mol. The first kappa shape index (κ1) is 17.4. The van der Waals surface area contributed by atoms with Crippen molar-refractivity contribution in [3.05, 3.63) is 0 Å². The average molecular weight is 262 g/mol. The highest BCUT2D eigenvalue weighted by molar-refractivity contribution is 5.69. The summed E-state index contributed by atoms with van der Waals surface area (Å²) in [6, 6.07) is 0. The molecule has 0 radical (unpaired) electrons. The molecule has 18 heavy (non-hydrogen) atoms. The molecule has 5 heteroatoms. The summed E-state index contributed by atoms with van der Waals surface area (Å²) in [6.45, 7) is 1.35. The van der Waals surface area contributed by atoms with Crippen LogP contribution in [0, 0.1) is 11.3 Å². The van der Waals surface area contributed by atoms with Crippen LogP contribution in [0.3, 0.4) is 0 Å². The van der Waals surface area contributed by atoms with Crippen molar-refractivity contribution >= 4 is 5.97 Å². The molecule has 1 fully saturated rings. The molecule has 108 valence electrons. The molecule has 0 bridgehead atoms. The Labute approximate surface area is 108 Å². The van der Waals surface area contributed by atoms with Crippen LogP contribution in [0.4, 0.5) is 0 Å². The molecule has 0 spiro atoms.